The molecule has 3 aromatic rings. The van der Waals surface area contributed by atoms with E-state index < -0.39 is 11.6 Å². The Bertz CT molecular complexity index is 976. The first-order chi connectivity index (χ1) is 13.7. The first-order valence-corrected chi connectivity index (χ1v) is 9.61. The van der Waals surface area contributed by atoms with Gasteiger partial charge in [0, 0.05) is 43.5 Å². The molecule has 0 aliphatic carbocycles. The van der Waals surface area contributed by atoms with Crippen molar-refractivity contribution in [2.45, 2.75) is 13.0 Å². The van der Waals surface area contributed by atoms with Gasteiger partial charge in [-0.2, -0.15) is 0 Å². The van der Waals surface area contributed by atoms with Gasteiger partial charge < -0.3 is 15.0 Å². The lowest BCUT2D eigenvalue weighted by atomic mass is 10.0. The Morgan fingerprint density at radius 1 is 1.07 bits per heavy atom. The van der Waals surface area contributed by atoms with Crippen LogP contribution in [0.4, 0.5) is 14.5 Å². The first kappa shape index (κ1) is 18.7. The molecule has 1 fully saturated rings. The van der Waals surface area contributed by atoms with Gasteiger partial charge in [0.25, 0.3) is 0 Å². The predicted molar refractivity (Wildman–Crippen MR) is 109 cm³/mol. The van der Waals surface area contributed by atoms with Crippen molar-refractivity contribution in [1.29, 1.82) is 0 Å². The predicted octanol–water partition coefficient (Wildman–Crippen LogP) is 4.74. The largest absolute Gasteiger partial charge is 0.496 e. The molecule has 0 bridgehead atoms. The van der Waals surface area contributed by atoms with Crippen LogP contribution in [0.1, 0.15) is 12.0 Å². The normalized spacial score (nSPS) is 16.7. The van der Waals surface area contributed by atoms with E-state index in [0.29, 0.717) is 5.92 Å². The Labute approximate surface area is 163 Å². The Morgan fingerprint density at radius 2 is 1.93 bits per heavy atom. The van der Waals surface area contributed by atoms with Crippen molar-refractivity contribution in [3.05, 3.63) is 71.8 Å². The molecule has 1 unspecified atom stereocenters. The summed E-state index contributed by atoms with van der Waals surface area (Å²) in [5.74, 6) is -0.234. The minimum atomic E-state index is -0.801. The molecule has 0 saturated carbocycles. The number of halogens is 2. The molecule has 1 aliphatic heterocycles. The molecule has 0 aromatic heterocycles. The smallest absolute Gasteiger partial charge is 0.160 e. The first-order valence-electron chi connectivity index (χ1n) is 9.61. The molecule has 0 amide bonds. The van der Waals surface area contributed by atoms with Crippen molar-refractivity contribution < 1.29 is 13.5 Å². The van der Waals surface area contributed by atoms with Crippen LogP contribution < -0.4 is 15.0 Å². The number of anilines is 1. The van der Waals surface area contributed by atoms with Crippen molar-refractivity contribution in [2.24, 2.45) is 5.92 Å². The maximum absolute atomic E-state index is 13.5. The third-order valence-corrected chi connectivity index (χ3v) is 5.51. The van der Waals surface area contributed by atoms with Crippen LogP contribution in [0.3, 0.4) is 0 Å². The van der Waals surface area contributed by atoms with Crippen molar-refractivity contribution in [2.75, 3.05) is 31.6 Å². The molecular formula is C23H24F2N2O. The fraction of sp³-hybridized carbons (Fsp3) is 0.304. The van der Waals surface area contributed by atoms with Crippen molar-refractivity contribution in [3.8, 4) is 5.75 Å². The van der Waals surface area contributed by atoms with Gasteiger partial charge in [-0.05, 0) is 41.3 Å². The molecular weight excluding hydrogens is 358 g/mol. The third kappa shape index (κ3) is 3.80. The highest BCUT2D eigenvalue weighted by molar-refractivity contribution is 5.87. The minimum absolute atomic E-state index is 0.467. The number of rotatable bonds is 6. The van der Waals surface area contributed by atoms with Gasteiger partial charge in [-0.15, -0.1) is 0 Å². The van der Waals surface area contributed by atoms with E-state index in [1.165, 1.54) is 22.9 Å². The summed E-state index contributed by atoms with van der Waals surface area (Å²) in [7, 11) is 1.70. The van der Waals surface area contributed by atoms with Crippen LogP contribution in [0.25, 0.3) is 10.8 Å². The van der Waals surface area contributed by atoms with Gasteiger partial charge in [-0.25, -0.2) is 8.78 Å². The lowest BCUT2D eigenvalue weighted by Gasteiger charge is -2.19. The summed E-state index contributed by atoms with van der Waals surface area (Å²) < 4.78 is 32.2. The summed E-state index contributed by atoms with van der Waals surface area (Å²) >= 11 is 0. The van der Waals surface area contributed by atoms with Crippen LogP contribution in [0.15, 0.2) is 54.6 Å². The van der Waals surface area contributed by atoms with E-state index >= 15 is 0 Å². The van der Waals surface area contributed by atoms with Gasteiger partial charge in [0.1, 0.15) is 5.75 Å². The fourth-order valence-corrected chi connectivity index (χ4v) is 4.01. The van der Waals surface area contributed by atoms with Crippen LogP contribution in [-0.4, -0.2) is 26.7 Å². The summed E-state index contributed by atoms with van der Waals surface area (Å²) in [6.45, 7) is 3.29. The molecule has 1 atom stereocenters. The van der Waals surface area contributed by atoms with E-state index in [2.05, 4.69) is 28.4 Å². The number of ether oxygens (including phenoxy) is 1. The fourth-order valence-electron chi connectivity index (χ4n) is 4.01. The monoisotopic (exact) mass is 382 g/mol. The van der Waals surface area contributed by atoms with Crippen LogP contribution in [0, 0.1) is 17.6 Å². The molecule has 1 saturated heterocycles. The van der Waals surface area contributed by atoms with Gasteiger partial charge in [0.05, 0.1) is 7.11 Å². The zero-order chi connectivity index (χ0) is 19.5. The molecule has 146 valence electrons. The number of methoxy groups -OCH3 is 1. The van der Waals surface area contributed by atoms with Crippen molar-refractivity contribution in [3.63, 3.8) is 0 Å². The third-order valence-electron chi connectivity index (χ3n) is 5.51. The van der Waals surface area contributed by atoms with Gasteiger partial charge in [-0.1, -0.05) is 30.3 Å². The van der Waals surface area contributed by atoms with Crippen LogP contribution in [0.2, 0.25) is 0 Å². The number of benzene rings is 3. The summed E-state index contributed by atoms with van der Waals surface area (Å²) in [5, 5.41) is 5.96. The molecule has 1 aliphatic rings. The second-order valence-electron chi connectivity index (χ2n) is 7.30. The Balaban J connectivity index is 1.38. The summed E-state index contributed by atoms with van der Waals surface area (Å²) in [4.78, 5) is 2.12. The van der Waals surface area contributed by atoms with Crippen LogP contribution in [0.5, 0.6) is 5.75 Å². The van der Waals surface area contributed by atoms with Crippen molar-refractivity contribution >= 4 is 16.5 Å². The molecule has 4 rings (SSSR count). The SMILES string of the molecule is COc1ccc2ccccc2c1CNCC1CCN(c2ccc(F)c(F)c2)C1. The lowest BCUT2D eigenvalue weighted by Crippen LogP contribution is -2.26. The average Bonchev–Trinajstić information content (AvgIpc) is 3.19. The molecule has 5 heteroatoms. The summed E-state index contributed by atoms with van der Waals surface area (Å²) in [6.07, 6.45) is 1.03. The molecule has 1 N–H and O–H groups in total. The molecule has 28 heavy (non-hydrogen) atoms. The number of hydrogen-bond acceptors (Lipinski definition) is 3. The highest BCUT2D eigenvalue weighted by Gasteiger charge is 2.23. The highest BCUT2D eigenvalue weighted by Crippen LogP contribution is 2.28. The lowest BCUT2D eigenvalue weighted by molar-refractivity contribution is 0.407. The quantitative estimate of drug-likeness (QED) is 0.666. The zero-order valence-corrected chi connectivity index (χ0v) is 15.9. The average molecular weight is 382 g/mol. The molecule has 0 spiro atoms. The topological polar surface area (TPSA) is 24.5 Å². The van der Waals surface area contributed by atoms with Crippen LogP contribution >= 0.6 is 0 Å². The Kier molecular flexibility index (Phi) is 5.44. The Morgan fingerprint density at radius 3 is 2.75 bits per heavy atom. The van der Waals surface area contributed by atoms with E-state index in [4.69, 9.17) is 4.74 Å². The van der Waals surface area contributed by atoms with E-state index in [1.54, 1.807) is 13.2 Å². The second-order valence-corrected chi connectivity index (χ2v) is 7.30. The van der Waals surface area contributed by atoms with Crippen LogP contribution in [-0.2, 0) is 6.54 Å². The number of nitrogens with one attached hydrogen (secondary N) is 1. The molecule has 0 radical (unpaired) electrons. The molecule has 3 aromatic carbocycles. The summed E-state index contributed by atoms with van der Waals surface area (Å²) in [5.41, 5.74) is 1.91. The van der Waals surface area contributed by atoms with Gasteiger partial charge in [0.15, 0.2) is 11.6 Å². The standard InChI is InChI=1S/C23H24F2N2O/c1-28-23-9-6-17-4-2-3-5-19(17)20(23)14-26-13-16-10-11-27(15-16)18-7-8-21(24)22(25)12-18/h2-9,12,16,26H,10-11,13-15H2,1H3. The number of fused-ring (bicyclic) bond motifs is 1. The minimum Gasteiger partial charge on any atom is -0.496 e. The van der Waals surface area contributed by atoms with E-state index in [0.717, 1.165) is 49.6 Å². The van der Waals surface area contributed by atoms with Gasteiger partial charge >= 0.3 is 0 Å². The number of nitrogens with zero attached hydrogens (tertiary/aromatic N) is 1. The maximum Gasteiger partial charge on any atom is 0.160 e. The second kappa shape index (κ2) is 8.15. The number of hydrogen-bond donors (Lipinski definition) is 1. The highest BCUT2D eigenvalue weighted by atomic mass is 19.2. The zero-order valence-electron chi connectivity index (χ0n) is 15.9. The van der Waals surface area contributed by atoms with Crippen molar-refractivity contribution in [1.82, 2.24) is 5.32 Å². The molecule has 1 heterocycles. The van der Waals surface area contributed by atoms with Gasteiger partial charge in [-0.3, -0.25) is 0 Å². The molecule has 3 nitrogen and oxygen atoms in total. The van der Waals surface area contributed by atoms with Gasteiger partial charge in [0.2, 0.25) is 0 Å². The van der Waals surface area contributed by atoms with E-state index in [1.807, 2.05) is 18.2 Å². The van der Waals surface area contributed by atoms with E-state index in [-0.39, 0.29) is 0 Å². The van der Waals surface area contributed by atoms with E-state index in [9.17, 15) is 8.78 Å². The maximum atomic E-state index is 13.5. The Hall–Kier alpha value is -2.66. The summed E-state index contributed by atoms with van der Waals surface area (Å²) in [6, 6.07) is 16.5.